The number of hydrogen-bond acceptors (Lipinski definition) is 3. The topological polar surface area (TPSA) is 58.2 Å². The predicted octanol–water partition coefficient (Wildman–Crippen LogP) is 2.59. The first-order valence-corrected chi connectivity index (χ1v) is 7.61. The molecule has 0 amide bonds. The van der Waals surface area contributed by atoms with E-state index in [2.05, 4.69) is 10.0 Å². The lowest BCUT2D eigenvalue weighted by atomic mass is 10.0. The molecule has 102 valence electrons. The van der Waals surface area contributed by atoms with Gasteiger partial charge in [-0.1, -0.05) is 19.4 Å². The second-order valence-corrected chi connectivity index (χ2v) is 6.70. The van der Waals surface area contributed by atoms with Crippen molar-refractivity contribution in [1.29, 1.82) is 0 Å². The van der Waals surface area contributed by atoms with Gasteiger partial charge in [0.25, 0.3) is 0 Å². The van der Waals surface area contributed by atoms with E-state index in [0.717, 1.165) is 18.5 Å². The van der Waals surface area contributed by atoms with Crippen molar-refractivity contribution in [3.05, 3.63) is 24.3 Å². The van der Waals surface area contributed by atoms with Gasteiger partial charge in [-0.15, -0.1) is 0 Å². The number of rotatable bonds is 6. The van der Waals surface area contributed by atoms with Crippen molar-refractivity contribution in [3.63, 3.8) is 0 Å². The molecule has 0 atom stereocenters. The molecule has 0 unspecified atom stereocenters. The molecule has 0 saturated heterocycles. The van der Waals surface area contributed by atoms with Gasteiger partial charge in [-0.3, -0.25) is 0 Å². The standard InChI is InChI=1S/C13H22N2O2S/c1-5-9-13(2,3)15-18(16,17)12-8-6-7-11(10-12)14-4/h6-8,10,14-15H,5,9H2,1-4H3. The monoisotopic (exact) mass is 270 g/mol. The quantitative estimate of drug-likeness (QED) is 0.835. The van der Waals surface area contributed by atoms with Crippen molar-refractivity contribution in [2.45, 2.75) is 44.0 Å². The minimum Gasteiger partial charge on any atom is -0.388 e. The summed E-state index contributed by atoms with van der Waals surface area (Å²) >= 11 is 0. The molecule has 0 bridgehead atoms. The molecule has 1 aromatic rings. The highest BCUT2D eigenvalue weighted by molar-refractivity contribution is 7.89. The van der Waals surface area contributed by atoms with Crippen LogP contribution in [0.15, 0.2) is 29.2 Å². The molecule has 2 N–H and O–H groups in total. The van der Waals surface area contributed by atoms with Crippen LogP contribution in [0.4, 0.5) is 5.69 Å². The number of hydrogen-bond donors (Lipinski definition) is 2. The van der Waals surface area contributed by atoms with Crippen molar-refractivity contribution in [1.82, 2.24) is 4.72 Å². The van der Waals surface area contributed by atoms with Crippen LogP contribution < -0.4 is 10.0 Å². The number of anilines is 1. The summed E-state index contributed by atoms with van der Waals surface area (Å²) in [5, 5.41) is 2.94. The van der Waals surface area contributed by atoms with Crippen LogP contribution in [-0.2, 0) is 10.0 Å². The number of sulfonamides is 1. The van der Waals surface area contributed by atoms with Gasteiger partial charge < -0.3 is 5.32 Å². The van der Waals surface area contributed by atoms with E-state index in [-0.39, 0.29) is 0 Å². The number of benzene rings is 1. The highest BCUT2D eigenvalue weighted by Crippen LogP contribution is 2.19. The molecular weight excluding hydrogens is 248 g/mol. The summed E-state index contributed by atoms with van der Waals surface area (Å²) in [6.07, 6.45) is 1.74. The summed E-state index contributed by atoms with van der Waals surface area (Å²) in [5.74, 6) is 0. The Hall–Kier alpha value is -1.07. The maximum atomic E-state index is 12.3. The van der Waals surface area contributed by atoms with Crippen LogP contribution in [0.25, 0.3) is 0 Å². The Morgan fingerprint density at radius 2 is 1.94 bits per heavy atom. The smallest absolute Gasteiger partial charge is 0.241 e. The van der Waals surface area contributed by atoms with Crippen LogP contribution in [0.2, 0.25) is 0 Å². The van der Waals surface area contributed by atoms with Crippen LogP contribution in [0, 0.1) is 0 Å². The van der Waals surface area contributed by atoms with E-state index >= 15 is 0 Å². The minimum atomic E-state index is -3.46. The van der Waals surface area contributed by atoms with Gasteiger partial charge in [-0.25, -0.2) is 13.1 Å². The fourth-order valence-electron chi connectivity index (χ4n) is 1.92. The van der Waals surface area contributed by atoms with Crippen LogP contribution in [0.5, 0.6) is 0 Å². The summed E-state index contributed by atoms with van der Waals surface area (Å²) < 4.78 is 27.2. The maximum absolute atomic E-state index is 12.3. The molecule has 1 rings (SSSR count). The van der Waals surface area contributed by atoms with Gasteiger partial charge in [0.1, 0.15) is 0 Å². The molecule has 0 saturated carbocycles. The van der Waals surface area contributed by atoms with Gasteiger partial charge in [-0.05, 0) is 38.5 Å². The van der Waals surface area contributed by atoms with Gasteiger partial charge in [0, 0.05) is 18.3 Å². The van der Waals surface area contributed by atoms with Crippen molar-refractivity contribution in [2.75, 3.05) is 12.4 Å². The second-order valence-electron chi connectivity index (χ2n) is 5.02. The summed E-state index contributed by atoms with van der Waals surface area (Å²) in [6, 6.07) is 6.79. The third-order valence-electron chi connectivity index (χ3n) is 2.72. The van der Waals surface area contributed by atoms with E-state index in [1.54, 1.807) is 25.2 Å². The Morgan fingerprint density at radius 3 is 2.50 bits per heavy atom. The summed E-state index contributed by atoms with van der Waals surface area (Å²) in [5.41, 5.74) is 0.356. The van der Waals surface area contributed by atoms with Gasteiger partial charge in [0.05, 0.1) is 4.90 Å². The van der Waals surface area contributed by atoms with Crippen molar-refractivity contribution in [3.8, 4) is 0 Å². The Bertz CT molecular complexity index is 495. The molecule has 5 heteroatoms. The summed E-state index contributed by atoms with van der Waals surface area (Å²) in [6.45, 7) is 5.84. The molecule has 0 spiro atoms. The lowest BCUT2D eigenvalue weighted by molar-refractivity contribution is 0.418. The summed E-state index contributed by atoms with van der Waals surface area (Å²) in [4.78, 5) is 0.290. The Morgan fingerprint density at radius 1 is 1.28 bits per heavy atom. The van der Waals surface area contributed by atoms with Gasteiger partial charge >= 0.3 is 0 Å². The van der Waals surface area contributed by atoms with E-state index < -0.39 is 15.6 Å². The molecule has 1 aromatic carbocycles. The van der Waals surface area contributed by atoms with Crippen LogP contribution in [0.1, 0.15) is 33.6 Å². The maximum Gasteiger partial charge on any atom is 0.241 e. The Kier molecular flexibility index (Phi) is 4.76. The van der Waals surface area contributed by atoms with Gasteiger partial charge in [-0.2, -0.15) is 0 Å². The van der Waals surface area contributed by atoms with Crippen LogP contribution in [0.3, 0.4) is 0 Å². The van der Waals surface area contributed by atoms with Gasteiger partial charge in [0.15, 0.2) is 0 Å². The van der Waals surface area contributed by atoms with Crippen LogP contribution >= 0.6 is 0 Å². The second kappa shape index (κ2) is 5.71. The molecule has 0 radical (unpaired) electrons. The minimum absolute atomic E-state index is 0.290. The first-order valence-electron chi connectivity index (χ1n) is 6.12. The average Bonchev–Trinajstić information content (AvgIpc) is 2.27. The van der Waals surface area contributed by atoms with E-state index in [1.165, 1.54) is 0 Å². The molecule has 0 heterocycles. The molecule has 0 aliphatic carbocycles. The van der Waals surface area contributed by atoms with Crippen molar-refractivity contribution < 1.29 is 8.42 Å². The lowest BCUT2D eigenvalue weighted by Gasteiger charge is -2.25. The highest BCUT2D eigenvalue weighted by atomic mass is 32.2. The normalized spacial score (nSPS) is 12.4. The zero-order valence-electron chi connectivity index (χ0n) is 11.4. The molecule has 18 heavy (non-hydrogen) atoms. The molecular formula is C13H22N2O2S. The largest absolute Gasteiger partial charge is 0.388 e. The third kappa shape index (κ3) is 3.99. The highest BCUT2D eigenvalue weighted by Gasteiger charge is 2.25. The van der Waals surface area contributed by atoms with Crippen LogP contribution in [-0.4, -0.2) is 21.0 Å². The van der Waals surface area contributed by atoms with Gasteiger partial charge in [0.2, 0.25) is 10.0 Å². The van der Waals surface area contributed by atoms with E-state index in [0.29, 0.717) is 4.90 Å². The molecule has 0 aliphatic heterocycles. The first-order chi connectivity index (χ1) is 8.30. The predicted molar refractivity (Wildman–Crippen MR) is 75.3 cm³/mol. The average molecular weight is 270 g/mol. The van der Waals surface area contributed by atoms with E-state index in [4.69, 9.17) is 0 Å². The SMILES string of the molecule is CCCC(C)(C)NS(=O)(=O)c1cccc(NC)c1. The zero-order valence-corrected chi connectivity index (χ0v) is 12.3. The Labute approximate surface area is 110 Å². The molecule has 4 nitrogen and oxygen atoms in total. The van der Waals surface area contributed by atoms with Crippen molar-refractivity contribution in [2.24, 2.45) is 0 Å². The third-order valence-corrected chi connectivity index (χ3v) is 4.41. The van der Waals surface area contributed by atoms with Crippen molar-refractivity contribution >= 4 is 15.7 Å². The van der Waals surface area contributed by atoms with E-state index in [9.17, 15) is 8.42 Å². The van der Waals surface area contributed by atoms with E-state index in [1.807, 2.05) is 26.8 Å². The lowest BCUT2D eigenvalue weighted by Crippen LogP contribution is -2.43. The summed E-state index contributed by atoms with van der Waals surface area (Å²) in [7, 11) is -1.70. The Balaban J connectivity index is 2.99. The fraction of sp³-hybridized carbons (Fsp3) is 0.538. The fourth-order valence-corrected chi connectivity index (χ4v) is 3.40. The number of nitrogens with one attached hydrogen (secondary N) is 2. The first kappa shape index (κ1) is 15.0. The molecule has 0 aromatic heterocycles. The molecule has 0 fully saturated rings. The zero-order chi connectivity index (χ0) is 13.8. The molecule has 0 aliphatic rings.